The molecule has 0 atom stereocenters. The lowest BCUT2D eigenvalue weighted by Crippen LogP contribution is -2.41. The van der Waals surface area contributed by atoms with Gasteiger partial charge in [-0.1, -0.05) is 36.6 Å². The Labute approximate surface area is 119 Å². The van der Waals surface area contributed by atoms with E-state index >= 15 is 0 Å². The van der Waals surface area contributed by atoms with Crippen LogP contribution in [0.3, 0.4) is 0 Å². The Morgan fingerprint density at radius 2 is 2.21 bits per heavy atom. The van der Waals surface area contributed by atoms with Crippen molar-refractivity contribution in [3.8, 4) is 0 Å². The first-order chi connectivity index (χ1) is 9.20. The molecule has 0 unspecified atom stereocenters. The van der Waals surface area contributed by atoms with Crippen LogP contribution in [0.25, 0.3) is 0 Å². The molecule has 1 fully saturated rings. The fraction of sp³-hybridized carbons (Fsp3) is 0.400. The van der Waals surface area contributed by atoms with Crippen LogP contribution in [0.2, 0.25) is 5.02 Å². The van der Waals surface area contributed by atoms with Crippen molar-refractivity contribution in [2.45, 2.75) is 31.7 Å². The summed E-state index contributed by atoms with van der Waals surface area (Å²) in [5.41, 5.74) is 0.726. The molecule has 0 radical (unpaired) electrons. The highest BCUT2D eigenvalue weighted by Gasteiger charge is 2.25. The normalized spacial score (nSPS) is 15.2. The van der Waals surface area contributed by atoms with Crippen molar-refractivity contribution < 1.29 is 4.79 Å². The second-order valence-corrected chi connectivity index (χ2v) is 5.26. The fourth-order valence-electron chi connectivity index (χ4n) is 2.51. The van der Waals surface area contributed by atoms with Gasteiger partial charge in [0.25, 0.3) is 0 Å². The van der Waals surface area contributed by atoms with E-state index in [9.17, 15) is 4.79 Å². The van der Waals surface area contributed by atoms with E-state index in [1.807, 2.05) is 17.0 Å². The molecule has 0 heterocycles. The summed E-state index contributed by atoms with van der Waals surface area (Å²) in [7, 11) is 0. The number of hydrogen-bond donors (Lipinski definition) is 1. The number of anilines is 1. The predicted molar refractivity (Wildman–Crippen MR) is 79.6 cm³/mol. The Kier molecular flexibility index (Phi) is 4.86. The third-order valence-corrected chi connectivity index (χ3v) is 3.66. The van der Waals surface area contributed by atoms with E-state index < -0.39 is 0 Å². The predicted octanol–water partition coefficient (Wildman–Crippen LogP) is 4.30. The summed E-state index contributed by atoms with van der Waals surface area (Å²) >= 11 is 5.92. The van der Waals surface area contributed by atoms with Crippen molar-refractivity contribution in [1.29, 1.82) is 0 Å². The number of rotatable bonds is 4. The molecule has 0 spiro atoms. The first-order valence-corrected chi connectivity index (χ1v) is 7.02. The molecule has 0 bridgehead atoms. The molecule has 4 heteroatoms. The summed E-state index contributed by atoms with van der Waals surface area (Å²) in [5.74, 6) is 0. The molecule has 1 N–H and O–H groups in total. The Morgan fingerprint density at radius 3 is 2.84 bits per heavy atom. The smallest absolute Gasteiger partial charge is 0.318 e. The number of carbonyl (C=O) groups excluding carboxylic acids is 1. The highest BCUT2D eigenvalue weighted by molar-refractivity contribution is 6.30. The lowest BCUT2D eigenvalue weighted by atomic mass is 10.2. The molecule has 2 amide bonds. The minimum Gasteiger partial charge on any atom is -0.318 e. The van der Waals surface area contributed by atoms with E-state index in [0.29, 0.717) is 17.6 Å². The number of halogens is 1. The van der Waals surface area contributed by atoms with Crippen LogP contribution in [0.15, 0.2) is 36.9 Å². The van der Waals surface area contributed by atoms with E-state index in [0.717, 1.165) is 18.5 Å². The Balaban J connectivity index is 2.04. The number of hydrogen-bond acceptors (Lipinski definition) is 1. The van der Waals surface area contributed by atoms with Crippen LogP contribution in [-0.4, -0.2) is 23.5 Å². The van der Waals surface area contributed by atoms with Crippen LogP contribution >= 0.6 is 11.6 Å². The summed E-state index contributed by atoms with van der Waals surface area (Å²) in [5, 5.41) is 3.52. The second-order valence-electron chi connectivity index (χ2n) is 4.82. The summed E-state index contributed by atoms with van der Waals surface area (Å²) in [6.07, 6.45) is 6.33. The molecule has 19 heavy (non-hydrogen) atoms. The number of carbonyl (C=O) groups is 1. The van der Waals surface area contributed by atoms with Crippen LogP contribution < -0.4 is 5.32 Å². The second kappa shape index (κ2) is 6.62. The minimum absolute atomic E-state index is 0.0749. The quantitative estimate of drug-likeness (QED) is 0.818. The van der Waals surface area contributed by atoms with E-state index in [4.69, 9.17) is 11.6 Å². The van der Waals surface area contributed by atoms with Gasteiger partial charge in [0.05, 0.1) is 0 Å². The maximum atomic E-state index is 12.3. The van der Waals surface area contributed by atoms with Gasteiger partial charge in [-0.05, 0) is 31.0 Å². The fourth-order valence-corrected chi connectivity index (χ4v) is 2.70. The van der Waals surface area contributed by atoms with Gasteiger partial charge in [0.2, 0.25) is 0 Å². The molecular weight excluding hydrogens is 260 g/mol. The number of nitrogens with zero attached hydrogens (tertiary/aromatic N) is 1. The molecule has 102 valence electrons. The highest BCUT2D eigenvalue weighted by atomic mass is 35.5. The average molecular weight is 279 g/mol. The van der Waals surface area contributed by atoms with Crippen LogP contribution in [0.5, 0.6) is 0 Å². The van der Waals surface area contributed by atoms with Crippen LogP contribution in [-0.2, 0) is 0 Å². The van der Waals surface area contributed by atoms with E-state index in [-0.39, 0.29) is 6.03 Å². The topological polar surface area (TPSA) is 32.3 Å². The first-order valence-electron chi connectivity index (χ1n) is 6.65. The van der Waals surface area contributed by atoms with Gasteiger partial charge in [0.1, 0.15) is 0 Å². The molecule has 0 aliphatic heterocycles. The third-order valence-electron chi connectivity index (χ3n) is 3.43. The molecule has 3 nitrogen and oxygen atoms in total. The molecule has 1 saturated carbocycles. The Morgan fingerprint density at radius 1 is 1.47 bits per heavy atom. The average Bonchev–Trinajstić information content (AvgIpc) is 2.89. The van der Waals surface area contributed by atoms with Crippen molar-refractivity contribution >= 4 is 23.3 Å². The van der Waals surface area contributed by atoms with E-state index in [1.165, 1.54) is 12.8 Å². The van der Waals surface area contributed by atoms with Crippen molar-refractivity contribution in [3.63, 3.8) is 0 Å². The van der Waals surface area contributed by atoms with Gasteiger partial charge in [-0.3, -0.25) is 0 Å². The summed E-state index contributed by atoms with van der Waals surface area (Å²) < 4.78 is 0. The molecular formula is C15H19ClN2O. The first kappa shape index (κ1) is 13.9. The van der Waals surface area contributed by atoms with Gasteiger partial charge < -0.3 is 10.2 Å². The molecule has 0 saturated heterocycles. The van der Waals surface area contributed by atoms with Gasteiger partial charge in [-0.15, -0.1) is 6.58 Å². The molecule has 1 aliphatic carbocycles. The minimum atomic E-state index is -0.0749. The number of urea groups is 1. The maximum Gasteiger partial charge on any atom is 0.322 e. The van der Waals surface area contributed by atoms with Crippen LogP contribution in [0.1, 0.15) is 25.7 Å². The third kappa shape index (κ3) is 3.74. The van der Waals surface area contributed by atoms with Gasteiger partial charge >= 0.3 is 6.03 Å². The Bertz CT molecular complexity index is 455. The SMILES string of the molecule is C=CCN(C(=O)Nc1cccc(Cl)c1)C1CCCC1. The van der Waals surface area contributed by atoms with Gasteiger partial charge in [0, 0.05) is 23.3 Å². The number of benzene rings is 1. The van der Waals surface area contributed by atoms with Crippen molar-refractivity contribution in [3.05, 3.63) is 41.9 Å². The Hall–Kier alpha value is -1.48. The van der Waals surface area contributed by atoms with Crippen molar-refractivity contribution in [2.24, 2.45) is 0 Å². The zero-order valence-electron chi connectivity index (χ0n) is 10.9. The summed E-state index contributed by atoms with van der Waals surface area (Å²) in [6, 6.07) is 7.46. The largest absolute Gasteiger partial charge is 0.322 e. The summed E-state index contributed by atoms with van der Waals surface area (Å²) in [6.45, 7) is 4.31. The van der Waals surface area contributed by atoms with Crippen LogP contribution in [0, 0.1) is 0 Å². The monoisotopic (exact) mass is 278 g/mol. The van der Waals surface area contributed by atoms with Crippen LogP contribution in [0.4, 0.5) is 10.5 Å². The van der Waals surface area contributed by atoms with Crippen molar-refractivity contribution in [2.75, 3.05) is 11.9 Å². The van der Waals surface area contributed by atoms with Crippen molar-refractivity contribution in [1.82, 2.24) is 4.90 Å². The van der Waals surface area contributed by atoms with Gasteiger partial charge in [0.15, 0.2) is 0 Å². The summed E-state index contributed by atoms with van der Waals surface area (Å²) in [4.78, 5) is 14.2. The molecule has 1 aromatic carbocycles. The number of amides is 2. The van der Waals surface area contributed by atoms with E-state index in [2.05, 4.69) is 11.9 Å². The van der Waals surface area contributed by atoms with Gasteiger partial charge in [-0.25, -0.2) is 4.79 Å². The molecule has 1 aliphatic rings. The maximum absolute atomic E-state index is 12.3. The van der Waals surface area contributed by atoms with E-state index in [1.54, 1.807) is 18.2 Å². The highest BCUT2D eigenvalue weighted by Crippen LogP contribution is 2.24. The lowest BCUT2D eigenvalue weighted by molar-refractivity contribution is 0.196. The molecule has 1 aromatic rings. The molecule has 0 aromatic heterocycles. The zero-order valence-corrected chi connectivity index (χ0v) is 11.7. The zero-order chi connectivity index (χ0) is 13.7. The number of nitrogens with one attached hydrogen (secondary N) is 1. The standard InChI is InChI=1S/C15H19ClN2O/c1-2-10-18(14-8-3-4-9-14)15(19)17-13-7-5-6-12(16)11-13/h2,5-7,11,14H,1,3-4,8-10H2,(H,17,19). The molecule has 2 rings (SSSR count). The lowest BCUT2D eigenvalue weighted by Gasteiger charge is -2.28. The van der Waals surface area contributed by atoms with Gasteiger partial charge in [-0.2, -0.15) is 0 Å².